The summed E-state index contributed by atoms with van der Waals surface area (Å²) in [6, 6.07) is 10.8. The average Bonchev–Trinajstić information content (AvgIpc) is 3.06. The van der Waals surface area contributed by atoms with Gasteiger partial charge in [0.1, 0.15) is 12.4 Å². The molecule has 0 fully saturated rings. The molecule has 0 bridgehead atoms. The van der Waals surface area contributed by atoms with Crippen molar-refractivity contribution in [2.45, 2.75) is 25.9 Å². The Morgan fingerprint density at radius 1 is 1.29 bits per heavy atom. The smallest absolute Gasteiger partial charge is 0.127 e. The van der Waals surface area contributed by atoms with Gasteiger partial charge in [-0.1, -0.05) is 18.2 Å². The molecule has 1 aliphatic heterocycles. The highest BCUT2D eigenvalue weighted by Gasteiger charge is 2.15. The molecule has 1 aromatic carbocycles. The van der Waals surface area contributed by atoms with Gasteiger partial charge in [-0.2, -0.15) is 5.10 Å². The zero-order valence-corrected chi connectivity index (χ0v) is 12.5. The van der Waals surface area contributed by atoms with Gasteiger partial charge in [0.25, 0.3) is 0 Å². The van der Waals surface area contributed by atoms with E-state index >= 15 is 0 Å². The number of nitrogens with one attached hydrogen (secondary N) is 1. The Hall–Kier alpha value is -2.07. The molecule has 0 radical (unpaired) electrons. The van der Waals surface area contributed by atoms with Crippen LogP contribution in [0, 0.1) is 0 Å². The Balaban J connectivity index is 1.60. The number of nitrogens with zero attached hydrogens (tertiary/aromatic N) is 2. The monoisotopic (exact) mass is 283 g/mol. The third-order valence-corrected chi connectivity index (χ3v) is 4.01. The van der Waals surface area contributed by atoms with Crippen LogP contribution in [-0.4, -0.2) is 29.0 Å². The van der Waals surface area contributed by atoms with Crippen molar-refractivity contribution in [1.29, 1.82) is 0 Å². The molecule has 4 nitrogen and oxygen atoms in total. The van der Waals surface area contributed by atoms with Crippen molar-refractivity contribution >= 4 is 6.08 Å². The van der Waals surface area contributed by atoms with E-state index in [4.69, 9.17) is 4.74 Å². The predicted molar refractivity (Wildman–Crippen MR) is 84.3 cm³/mol. The van der Waals surface area contributed by atoms with Gasteiger partial charge in [0.05, 0.1) is 6.04 Å². The molecule has 2 heterocycles. The van der Waals surface area contributed by atoms with Gasteiger partial charge < -0.3 is 10.1 Å². The van der Waals surface area contributed by atoms with Crippen molar-refractivity contribution < 1.29 is 4.74 Å². The van der Waals surface area contributed by atoms with Crippen LogP contribution in [0.4, 0.5) is 0 Å². The molecule has 0 saturated carbocycles. The third-order valence-electron chi connectivity index (χ3n) is 4.01. The summed E-state index contributed by atoms with van der Waals surface area (Å²) in [6.45, 7) is 5.85. The fraction of sp³-hybridized carbons (Fsp3) is 0.353. The van der Waals surface area contributed by atoms with Gasteiger partial charge in [-0.25, -0.2) is 0 Å². The molecule has 3 rings (SSSR count). The van der Waals surface area contributed by atoms with Gasteiger partial charge >= 0.3 is 0 Å². The highest BCUT2D eigenvalue weighted by Crippen LogP contribution is 2.25. The van der Waals surface area contributed by atoms with E-state index in [-0.39, 0.29) is 0 Å². The highest BCUT2D eigenvalue weighted by atomic mass is 16.5. The second-order valence-electron chi connectivity index (χ2n) is 5.53. The summed E-state index contributed by atoms with van der Waals surface area (Å²) in [5, 5.41) is 7.86. The van der Waals surface area contributed by atoms with Crippen molar-refractivity contribution in [2.75, 3.05) is 13.2 Å². The molecule has 2 atom stereocenters. The van der Waals surface area contributed by atoms with Gasteiger partial charge in [-0.3, -0.25) is 4.68 Å². The fourth-order valence-electron chi connectivity index (χ4n) is 2.48. The number of rotatable bonds is 5. The number of benzene rings is 1. The van der Waals surface area contributed by atoms with Crippen LogP contribution in [0.2, 0.25) is 0 Å². The standard InChI is InChI=1S/C17H21N3O/c1-13(14(2)20-9-5-8-19-20)18-11-15-10-16-6-3-4-7-17(16)21-12-15/h3-10,13-14,18H,11-12H2,1-2H3/t13-,14-/m0/s1. The molecule has 2 aromatic rings. The summed E-state index contributed by atoms with van der Waals surface area (Å²) in [5.41, 5.74) is 2.43. The Morgan fingerprint density at radius 2 is 2.14 bits per heavy atom. The molecule has 1 N–H and O–H groups in total. The van der Waals surface area contributed by atoms with Crippen molar-refractivity contribution in [3.05, 3.63) is 53.9 Å². The molecule has 0 spiro atoms. The van der Waals surface area contributed by atoms with Crippen LogP contribution in [0.3, 0.4) is 0 Å². The number of aromatic nitrogens is 2. The van der Waals surface area contributed by atoms with Crippen LogP contribution in [0.15, 0.2) is 48.3 Å². The van der Waals surface area contributed by atoms with Gasteiger partial charge in [0.15, 0.2) is 0 Å². The van der Waals surface area contributed by atoms with Crippen molar-refractivity contribution in [2.24, 2.45) is 0 Å². The van der Waals surface area contributed by atoms with Gasteiger partial charge in [0.2, 0.25) is 0 Å². The minimum atomic E-state index is 0.317. The zero-order valence-electron chi connectivity index (χ0n) is 12.5. The van der Waals surface area contributed by atoms with E-state index < -0.39 is 0 Å². The first-order valence-corrected chi connectivity index (χ1v) is 7.38. The first kappa shape index (κ1) is 13.9. The molecular weight excluding hydrogens is 262 g/mol. The summed E-state index contributed by atoms with van der Waals surface area (Å²) >= 11 is 0. The van der Waals surface area contributed by atoms with E-state index in [9.17, 15) is 0 Å². The van der Waals surface area contributed by atoms with Crippen molar-refractivity contribution in [1.82, 2.24) is 15.1 Å². The summed E-state index contributed by atoms with van der Waals surface area (Å²) in [4.78, 5) is 0. The Bertz CT molecular complexity index is 619. The molecule has 0 aliphatic carbocycles. The van der Waals surface area contributed by atoms with E-state index in [1.165, 1.54) is 5.57 Å². The maximum atomic E-state index is 5.78. The average molecular weight is 283 g/mol. The number of hydrogen-bond acceptors (Lipinski definition) is 3. The lowest BCUT2D eigenvalue weighted by atomic mass is 10.1. The normalized spacial score (nSPS) is 16.6. The third kappa shape index (κ3) is 3.16. The Labute approximate surface area is 125 Å². The summed E-state index contributed by atoms with van der Waals surface area (Å²) in [5.74, 6) is 0.971. The molecule has 110 valence electrons. The summed E-state index contributed by atoms with van der Waals surface area (Å²) < 4.78 is 7.76. The number of fused-ring (bicyclic) bond motifs is 1. The minimum Gasteiger partial charge on any atom is -0.489 e. The van der Waals surface area contributed by atoms with Crippen molar-refractivity contribution in [3.63, 3.8) is 0 Å². The Kier molecular flexibility index (Phi) is 4.06. The zero-order chi connectivity index (χ0) is 14.7. The van der Waals surface area contributed by atoms with Crippen LogP contribution in [0.5, 0.6) is 5.75 Å². The van der Waals surface area contributed by atoms with E-state index in [1.54, 1.807) is 0 Å². The number of hydrogen-bond donors (Lipinski definition) is 1. The van der Waals surface area contributed by atoms with E-state index in [0.29, 0.717) is 18.7 Å². The molecule has 21 heavy (non-hydrogen) atoms. The van der Waals surface area contributed by atoms with Gasteiger partial charge in [-0.15, -0.1) is 0 Å². The van der Waals surface area contributed by atoms with Gasteiger partial charge in [-0.05, 0) is 37.6 Å². The van der Waals surface area contributed by atoms with E-state index in [0.717, 1.165) is 17.9 Å². The van der Waals surface area contributed by atoms with Crippen molar-refractivity contribution in [3.8, 4) is 5.75 Å². The molecule has 1 aliphatic rings. The maximum Gasteiger partial charge on any atom is 0.127 e. The first-order valence-electron chi connectivity index (χ1n) is 7.38. The highest BCUT2D eigenvalue weighted by molar-refractivity contribution is 5.62. The lowest BCUT2D eigenvalue weighted by Crippen LogP contribution is -2.36. The molecule has 4 heteroatoms. The maximum absolute atomic E-state index is 5.78. The number of para-hydroxylation sites is 1. The molecule has 0 unspecified atom stereocenters. The molecule has 0 saturated heterocycles. The van der Waals surface area contributed by atoms with Crippen LogP contribution in [0.1, 0.15) is 25.5 Å². The SMILES string of the molecule is C[C@H](NCC1=Cc2ccccc2OC1)[C@H](C)n1cccn1. The lowest BCUT2D eigenvalue weighted by Gasteiger charge is -2.24. The first-order chi connectivity index (χ1) is 10.2. The molecular formula is C17H21N3O. The van der Waals surface area contributed by atoms with Crippen LogP contribution >= 0.6 is 0 Å². The topological polar surface area (TPSA) is 39.1 Å². The lowest BCUT2D eigenvalue weighted by molar-refractivity contribution is 0.332. The Morgan fingerprint density at radius 3 is 2.95 bits per heavy atom. The largest absolute Gasteiger partial charge is 0.489 e. The van der Waals surface area contributed by atoms with Crippen LogP contribution in [-0.2, 0) is 0 Å². The van der Waals surface area contributed by atoms with E-state index in [1.807, 2.05) is 41.3 Å². The quantitative estimate of drug-likeness (QED) is 0.917. The fourth-order valence-corrected chi connectivity index (χ4v) is 2.48. The van der Waals surface area contributed by atoms with Crippen LogP contribution < -0.4 is 10.1 Å². The summed E-state index contributed by atoms with van der Waals surface area (Å²) in [7, 11) is 0. The van der Waals surface area contributed by atoms with Gasteiger partial charge in [0, 0.05) is 30.5 Å². The van der Waals surface area contributed by atoms with Crippen LogP contribution in [0.25, 0.3) is 6.08 Å². The minimum absolute atomic E-state index is 0.317. The molecule has 1 aromatic heterocycles. The number of ether oxygens (including phenoxy) is 1. The second kappa shape index (κ2) is 6.14. The predicted octanol–water partition coefficient (Wildman–Crippen LogP) is 2.90. The van der Waals surface area contributed by atoms with E-state index in [2.05, 4.69) is 36.4 Å². The second-order valence-corrected chi connectivity index (χ2v) is 5.53. The molecule has 0 amide bonds. The summed E-state index contributed by atoms with van der Waals surface area (Å²) in [6.07, 6.45) is 6.04.